The largest absolute Gasteiger partial charge is 0.296 e. The van der Waals surface area contributed by atoms with Gasteiger partial charge in [-0.1, -0.05) is 6.07 Å². The summed E-state index contributed by atoms with van der Waals surface area (Å²) in [6.07, 6.45) is 0.795. The summed E-state index contributed by atoms with van der Waals surface area (Å²) in [5, 5.41) is 1.14. The fourth-order valence-electron chi connectivity index (χ4n) is 2.07. The molecule has 2 rings (SSSR count). The van der Waals surface area contributed by atoms with Gasteiger partial charge in [0, 0.05) is 5.39 Å². The maximum absolute atomic E-state index is 10.7. The number of hydrogen-bond donors (Lipinski definition) is 0. The van der Waals surface area contributed by atoms with Gasteiger partial charge in [0.2, 0.25) is 0 Å². The van der Waals surface area contributed by atoms with E-state index in [4.69, 9.17) is 0 Å². The predicted octanol–water partition coefficient (Wildman–Crippen LogP) is 3.28. The van der Waals surface area contributed by atoms with Crippen molar-refractivity contribution in [2.24, 2.45) is 0 Å². The van der Waals surface area contributed by atoms with E-state index in [9.17, 15) is 4.79 Å². The maximum Gasteiger partial charge on any atom is 0.168 e. The standard InChI is InChI=1S/C14H15NO/c1-8-9(2)11(4)14-13(10(8)3)6-5-12(7-16)15-14/h5-7H,1-4H3. The zero-order chi connectivity index (χ0) is 11.9. The minimum Gasteiger partial charge on any atom is -0.296 e. The lowest BCUT2D eigenvalue weighted by atomic mass is 9.94. The lowest BCUT2D eigenvalue weighted by Gasteiger charge is -2.13. The molecule has 0 atom stereocenters. The van der Waals surface area contributed by atoms with E-state index < -0.39 is 0 Å². The third kappa shape index (κ3) is 1.42. The molecule has 0 aliphatic carbocycles. The topological polar surface area (TPSA) is 30.0 Å². The summed E-state index contributed by atoms with van der Waals surface area (Å²) in [6.45, 7) is 8.40. The van der Waals surface area contributed by atoms with Crippen molar-refractivity contribution in [3.8, 4) is 0 Å². The summed E-state index contributed by atoms with van der Waals surface area (Å²) in [4.78, 5) is 15.1. The van der Waals surface area contributed by atoms with Crippen LogP contribution in [-0.2, 0) is 0 Å². The molecule has 0 spiro atoms. The van der Waals surface area contributed by atoms with Crippen molar-refractivity contribution in [2.45, 2.75) is 27.7 Å². The molecule has 2 aromatic rings. The first kappa shape index (κ1) is 10.8. The molecule has 0 aliphatic heterocycles. The summed E-state index contributed by atoms with van der Waals surface area (Å²) in [5.41, 5.74) is 6.44. The summed E-state index contributed by atoms with van der Waals surface area (Å²) in [6, 6.07) is 3.76. The van der Waals surface area contributed by atoms with Crippen LogP contribution in [0.2, 0.25) is 0 Å². The van der Waals surface area contributed by atoms with Crippen molar-refractivity contribution < 1.29 is 4.79 Å². The van der Waals surface area contributed by atoms with Crippen LogP contribution in [-0.4, -0.2) is 11.3 Å². The van der Waals surface area contributed by atoms with Gasteiger partial charge in [0.1, 0.15) is 5.69 Å². The Morgan fingerprint density at radius 1 is 0.938 bits per heavy atom. The van der Waals surface area contributed by atoms with Gasteiger partial charge in [-0.2, -0.15) is 0 Å². The Morgan fingerprint density at radius 3 is 2.19 bits per heavy atom. The fraction of sp³-hybridized carbons (Fsp3) is 0.286. The van der Waals surface area contributed by atoms with Gasteiger partial charge < -0.3 is 0 Å². The second-order valence-electron chi connectivity index (χ2n) is 4.25. The first-order chi connectivity index (χ1) is 7.56. The van der Waals surface area contributed by atoms with Gasteiger partial charge in [-0.15, -0.1) is 0 Å². The quantitative estimate of drug-likeness (QED) is 0.680. The van der Waals surface area contributed by atoms with Crippen LogP contribution < -0.4 is 0 Å². The number of nitrogens with zero attached hydrogens (tertiary/aromatic N) is 1. The van der Waals surface area contributed by atoms with Crippen molar-refractivity contribution in [1.29, 1.82) is 0 Å². The number of fused-ring (bicyclic) bond motifs is 1. The van der Waals surface area contributed by atoms with E-state index in [2.05, 4.69) is 32.7 Å². The van der Waals surface area contributed by atoms with E-state index in [-0.39, 0.29) is 0 Å². The highest BCUT2D eigenvalue weighted by Crippen LogP contribution is 2.27. The van der Waals surface area contributed by atoms with Gasteiger partial charge >= 0.3 is 0 Å². The Bertz CT molecular complexity index is 585. The van der Waals surface area contributed by atoms with Gasteiger partial charge in [0.05, 0.1) is 5.52 Å². The predicted molar refractivity (Wildman–Crippen MR) is 66.1 cm³/mol. The van der Waals surface area contributed by atoms with Crippen LogP contribution in [0.15, 0.2) is 12.1 Å². The Morgan fingerprint density at radius 2 is 1.56 bits per heavy atom. The highest BCUT2D eigenvalue weighted by Gasteiger charge is 2.10. The van der Waals surface area contributed by atoms with E-state index in [1.54, 1.807) is 6.07 Å². The number of carbonyl (C=O) groups excluding carboxylic acids is 1. The van der Waals surface area contributed by atoms with Crippen LogP contribution in [0.1, 0.15) is 32.7 Å². The smallest absolute Gasteiger partial charge is 0.168 e. The molecular formula is C14H15NO. The molecule has 0 bridgehead atoms. The highest BCUT2D eigenvalue weighted by atomic mass is 16.1. The average Bonchev–Trinajstić information content (AvgIpc) is 2.33. The second-order valence-corrected chi connectivity index (χ2v) is 4.25. The molecule has 16 heavy (non-hydrogen) atoms. The Hall–Kier alpha value is -1.70. The Kier molecular flexibility index (Phi) is 2.50. The first-order valence-electron chi connectivity index (χ1n) is 5.38. The normalized spacial score (nSPS) is 10.8. The molecule has 0 unspecified atom stereocenters. The van der Waals surface area contributed by atoms with Gasteiger partial charge in [-0.05, 0) is 56.0 Å². The van der Waals surface area contributed by atoms with E-state index >= 15 is 0 Å². The molecule has 0 N–H and O–H groups in total. The highest BCUT2D eigenvalue weighted by molar-refractivity contribution is 5.89. The molecular weight excluding hydrogens is 198 g/mol. The molecule has 0 saturated carbocycles. The van der Waals surface area contributed by atoms with Crippen LogP contribution in [0.4, 0.5) is 0 Å². The minimum atomic E-state index is 0.498. The molecule has 0 fully saturated rings. The second kappa shape index (κ2) is 3.71. The minimum absolute atomic E-state index is 0.498. The van der Waals surface area contributed by atoms with E-state index in [0.717, 1.165) is 17.2 Å². The monoisotopic (exact) mass is 213 g/mol. The third-order valence-corrected chi connectivity index (χ3v) is 3.48. The first-order valence-corrected chi connectivity index (χ1v) is 5.38. The molecule has 1 heterocycles. The molecule has 0 radical (unpaired) electrons. The molecule has 1 aromatic carbocycles. The molecule has 82 valence electrons. The van der Waals surface area contributed by atoms with Crippen molar-refractivity contribution in [3.63, 3.8) is 0 Å². The van der Waals surface area contributed by atoms with Crippen LogP contribution in [0.5, 0.6) is 0 Å². The van der Waals surface area contributed by atoms with E-state index in [1.165, 1.54) is 22.3 Å². The Balaban J connectivity index is 2.96. The van der Waals surface area contributed by atoms with Crippen LogP contribution in [0, 0.1) is 27.7 Å². The molecule has 1 aromatic heterocycles. The zero-order valence-corrected chi connectivity index (χ0v) is 10.1. The lowest BCUT2D eigenvalue weighted by molar-refractivity contribution is 0.111. The van der Waals surface area contributed by atoms with Gasteiger partial charge in [0.25, 0.3) is 0 Å². The molecule has 2 heteroatoms. The molecule has 0 aliphatic rings. The number of aryl methyl sites for hydroxylation is 2. The number of carbonyl (C=O) groups is 1. The Labute approximate surface area is 95.3 Å². The average molecular weight is 213 g/mol. The summed E-state index contributed by atoms with van der Waals surface area (Å²) in [5.74, 6) is 0. The zero-order valence-electron chi connectivity index (χ0n) is 10.1. The third-order valence-electron chi connectivity index (χ3n) is 3.48. The molecule has 0 amide bonds. The van der Waals surface area contributed by atoms with Crippen molar-refractivity contribution in [3.05, 3.63) is 40.1 Å². The van der Waals surface area contributed by atoms with Crippen LogP contribution >= 0.6 is 0 Å². The summed E-state index contributed by atoms with van der Waals surface area (Å²) in [7, 11) is 0. The summed E-state index contributed by atoms with van der Waals surface area (Å²) >= 11 is 0. The lowest BCUT2D eigenvalue weighted by Crippen LogP contribution is -1.97. The summed E-state index contributed by atoms with van der Waals surface area (Å²) < 4.78 is 0. The fourth-order valence-corrected chi connectivity index (χ4v) is 2.07. The SMILES string of the molecule is Cc1c(C)c(C)c2nc(C=O)ccc2c1C. The van der Waals surface area contributed by atoms with Gasteiger partial charge in [-0.25, -0.2) is 4.98 Å². The van der Waals surface area contributed by atoms with Gasteiger partial charge in [0.15, 0.2) is 6.29 Å². The maximum atomic E-state index is 10.7. The number of aromatic nitrogens is 1. The molecule has 2 nitrogen and oxygen atoms in total. The van der Waals surface area contributed by atoms with Crippen molar-refractivity contribution >= 4 is 17.2 Å². The number of rotatable bonds is 1. The number of aldehydes is 1. The number of pyridine rings is 1. The van der Waals surface area contributed by atoms with Gasteiger partial charge in [-0.3, -0.25) is 4.79 Å². The van der Waals surface area contributed by atoms with Crippen molar-refractivity contribution in [2.75, 3.05) is 0 Å². The molecule has 0 saturated heterocycles. The van der Waals surface area contributed by atoms with Crippen LogP contribution in [0.3, 0.4) is 0 Å². The van der Waals surface area contributed by atoms with E-state index in [1.807, 2.05) is 6.07 Å². The van der Waals surface area contributed by atoms with Crippen LogP contribution in [0.25, 0.3) is 10.9 Å². The number of benzene rings is 1. The van der Waals surface area contributed by atoms with E-state index in [0.29, 0.717) is 5.69 Å². The number of hydrogen-bond acceptors (Lipinski definition) is 2. The van der Waals surface area contributed by atoms with Crippen molar-refractivity contribution in [1.82, 2.24) is 4.98 Å².